The molecule has 0 bridgehead atoms. The van der Waals surface area contributed by atoms with Crippen molar-refractivity contribution in [3.8, 4) is 0 Å². The summed E-state index contributed by atoms with van der Waals surface area (Å²) in [7, 11) is 0. The largest absolute Gasteiger partial charge is 0.343 e. The quantitative estimate of drug-likeness (QED) is 0.582. The number of nitrogens with zero attached hydrogens (tertiary/aromatic N) is 3. The average Bonchev–Trinajstić information content (AvgIpc) is 3.13. The molecule has 30 heavy (non-hydrogen) atoms. The summed E-state index contributed by atoms with van der Waals surface area (Å²) in [5, 5.41) is 1.31. The maximum Gasteiger partial charge on any atom is 0.222 e. The summed E-state index contributed by atoms with van der Waals surface area (Å²) in [6, 6.07) is 17.4. The Bertz CT molecular complexity index is 981. The van der Waals surface area contributed by atoms with Crippen molar-refractivity contribution >= 4 is 16.8 Å². The SMILES string of the molecule is CCN1CCN(C(=O)CCCc2cn(Cc3ccc(C)cc3)c3ccccc23)CC1. The number of piperazine rings is 1. The number of hydrogen-bond donors (Lipinski definition) is 0. The summed E-state index contributed by atoms with van der Waals surface area (Å²) in [5.74, 6) is 0.314. The van der Waals surface area contributed by atoms with E-state index in [2.05, 4.69) is 78.0 Å². The van der Waals surface area contributed by atoms with Gasteiger partial charge >= 0.3 is 0 Å². The Labute approximate surface area is 180 Å². The second-order valence-electron chi connectivity index (χ2n) is 8.45. The molecule has 1 saturated heterocycles. The Hall–Kier alpha value is -2.59. The van der Waals surface area contributed by atoms with Crippen molar-refractivity contribution in [1.29, 1.82) is 0 Å². The van der Waals surface area contributed by atoms with Gasteiger partial charge in [0.15, 0.2) is 0 Å². The molecule has 0 unspecified atom stereocenters. The molecule has 0 aliphatic carbocycles. The van der Waals surface area contributed by atoms with Gasteiger partial charge in [-0.25, -0.2) is 0 Å². The Morgan fingerprint density at radius 2 is 1.70 bits per heavy atom. The van der Waals surface area contributed by atoms with Gasteiger partial charge in [-0.1, -0.05) is 55.0 Å². The van der Waals surface area contributed by atoms with Gasteiger partial charge in [0.1, 0.15) is 0 Å². The molecule has 0 atom stereocenters. The highest BCUT2D eigenvalue weighted by atomic mass is 16.2. The average molecular weight is 404 g/mol. The van der Waals surface area contributed by atoms with E-state index in [4.69, 9.17) is 0 Å². The molecule has 0 N–H and O–H groups in total. The van der Waals surface area contributed by atoms with Gasteiger partial charge in [-0.05, 0) is 43.5 Å². The van der Waals surface area contributed by atoms with E-state index in [1.165, 1.54) is 27.6 Å². The van der Waals surface area contributed by atoms with Crippen LogP contribution in [0.1, 0.15) is 36.5 Å². The van der Waals surface area contributed by atoms with Gasteiger partial charge in [0.05, 0.1) is 0 Å². The van der Waals surface area contributed by atoms with Gasteiger partial charge in [-0.15, -0.1) is 0 Å². The van der Waals surface area contributed by atoms with Crippen molar-refractivity contribution in [2.75, 3.05) is 32.7 Å². The first kappa shape index (κ1) is 20.7. The van der Waals surface area contributed by atoms with Crippen LogP contribution < -0.4 is 0 Å². The highest BCUT2D eigenvalue weighted by molar-refractivity contribution is 5.84. The molecule has 0 radical (unpaired) electrons. The van der Waals surface area contributed by atoms with Gasteiger partial charge < -0.3 is 14.4 Å². The van der Waals surface area contributed by atoms with Crippen LogP contribution in [0.15, 0.2) is 54.7 Å². The highest BCUT2D eigenvalue weighted by Crippen LogP contribution is 2.24. The minimum absolute atomic E-state index is 0.314. The summed E-state index contributed by atoms with van der Waals surface area (Å²) < 4.78 is 2.35. The molecule has 1 amide bonds. The van der Waals surface area contributed by atoms with Crippen molar-refractivity contribution in [2.45, 2.75) is 39.7 Å². The fraction of sp³-hybridized carbons (Fsp3) is 0.423. The lowest BCUT2D eigenvalue weighted by Crippen LogP contribution is -2.48. The Morgan fingerprint density at radius 3 is 2.43 bits per heavy atom. The highest BCUT2D eigenvalue weighted by Gasteiger charge is 2.19. The minimum atomic E-state index is 0.314. The normalized spacial score (nSPS) is 15.1. The monoisotopic (exact) mass is 403 g/mol. The number of benzene rings is 2. The molecule has 3 aromatic rings. The summed E-state index contributed by atoms with van der Waals surface area (Å²) in [5.41, 5.74) is 5.23. The van der Waals surface area contributed by atoms with Crippen LogP contribution in [0.3, 0.4) is 0 Å². The number of rotatable bonds is 7. The van der Waals surface area contributed by atoms with Gasteiger partial charge in [-0.3, -0.25) is 4.79 Å². The van der Waals surface area contributed by atoms with E-state index in [0.717, 1.165) is 52.1 Å². The lowest BCUT2D eigenvalue weighted by molar-refractivity contribution is -0.133. The van der Waals surface area contributed by atoms with Crippen molar-refractivity contribution in [1.82, 2.24) is 14.4 Å². The molecule has 158 valence electrons. The predicted molar refractivity (Wildman–Crippen MR) is 124 cm³/mol. The van der Waals surface area contributed by atoms with Crippen LogP contribution in [0.4, 0.5) is 0 Å². The zero-order chi connectivity index (χ0) is 20.9. The van der Waals surface area contributed by atoms with Crippen molar-refractivity contribution in [2.24, 2.45) is 0 Å². The number of carbonyl (C=O) groups is 1. The fourth-order valence-corrected chi connectivity index (χ4v) is 4.44. The number of aromatic nitrogens is 1. The number of carbonyl (C=O) groups excluding carboxylic acids is 1. The van der Waals surface area contributed by atoms with E-state index in [1.54, 1.807) is 0 Å². The van der Waals surface area contributed by atoms with E-state index < -0.39 is 0 Å². The van der Waals surface area contributed by atoms with E-state index in [0.29, 0.717) is 12.3 Å². The van der Waals surface area contributed by atoms with E-state index in [-0.39, 0.29) is 0 Å². The number of hydrogen-bond acceptors (Lipinski definition) is 2. The first-order valence-corrected chi connectivity index (χ1v) is 11.3. The summed E-state index contributed by atoms with van der Waals surface area (Å²) >= 11 is 0. The van der Waals surface area contributed by atoms with Gasteiger partial charge in [-0.2, -0.15) is 0 Å². The third-order valence-electron chi connectivity index (χ3n) is 6.35. The minimum Gasteiger partial charge on any atom is -0.343 e. The summed E-state index contributed by atoms with van der Waals surface area (Å²) in [6.45, 7) is 10.0. The molecule has 2 heterocycles. The van der Waals surface area contributed by atoms with Gasteiger partial charge in [0, 0.05) is 56.2 Å². The van der Waals surface area contributed by atoms with E-state index in [1.807, 2.05) is 4.90 Å². The number of amides is 1. The zero-order valence-electron chi connectivity index (χ0n) is 18.3. The van der Waals surface area contributed by atoms with Crippen LogP contribution in [-0.2, 0) is 17.8 Å². The van der Waals surface area contributed by atoms with Crippen LogP contribution in [0.5, 0.6) is 0 Å². The number of likely N-dealkylation sites (N-methyl/N-ethyl adjacent to an activating group) is 1. The molecule has 4 nitrogen and oxygen atoms in total. The van der Waals surface area contributed by atoms with Crippen LogP contribution in [0.2, 0.25) is 0 Å². The van der Waals surface area contributed by atoms with Crippen LogP contribution >= 0.6 is 0 Å². The number of aryl methyl sites for hydroxylation is 2. The molecule has 4 heteroatoms. The molecule has 4 rings (SSSR count). The fourth-order valence-electron chi connectivity index (χ4n) is 4.44. The third kappa shape index (κ3) is 4.76. The maximum atomic E-state index is 12.6. The predicted octanol–water partition coefficient (Wildman–Crippen LogP) is 4.48. The molecular weight excluding hydrogens is 370 g/mol. The van der Waals surface area contributed by atoms with Crippen LogP contribution in [0, 0.1) is 6.92 Å². The first-order chi connectivity index (χ1) is 14.6. The van der Waals surface area contributed by atoms with Crippen LogP contribution in [0.25, 0.3) is 10.9 Å². The summed E-state index contributed by atoms with van der Waals surface area (Å²) in [6.07, 6.45) is 4.78. The van der Waals surface area contributed by atoms with Crippen molar-refractivity contribution in [3.05, 3.63) is 71.4 Å². The second-order valence-corrected chi connectivity index (χ2v) is 8.45. The molecule has 0 saturated carbocycles. The van der Waals surface area contributed by atoms with E-state index >= 15 is 0 Å². The molecular formula is C26H33N3O. The first-order valence-electron chi connectivity index (χ1n) is 11.3. The van der Waals surface area contributed by atoms with Crippen molar-refractivity contribution in [3.63, 3.8) is 0 Å². The molecule has 1 aliphatic rings. The maximum absolute atomic E-state index is 12.6. The second kappa shape index (κ2) is 9.48. The lowest BCUT2D eigenvalue weighted by Gasteiger charge is -2.34. The zero-order valence-corrected chi connectivity index (χ0v) is 18.3. The number of fused-ring (bicyclic) bond motifs is 1. The van der Waals surface area contributed by atoms with Crippen molar-refractivity contribution < 1.29 is 4.79 Å². The molecule has 1 aliphatic heterocycles. The molecule has 1 fully saturated rings. The van der Waals surface area contributed by atoms with Gasteiger partial charge in [0.25, 0.3) is 0 Å². The summed E-state index contributed by atoms with van der Waals surface area (Å²) in [4.78, 5) is 17.1. The molecule has 2 aromatic carbocycles. The Kier molecular flexibility index (Phi) is 6.53. The van der Waals surface area contributed by atoms with Crippen LogP contribution in [-0.4, -0.2) is 53.0 Å². The third-order valence-corrected chi connectivity index (χ3v) is 6.35. The molecule has 0 spiro atoms. The number of para-hydroxylation sites is 1. The lowest BCUT2D eigenvalue weighted by atomic mass is 10.1. The van der Waals surface area contributed by atoms with Gasteiger partial charge in [0.2, 0.25) is 5.91 Å². The standard InChI is InChI=1S/C26H33N3O/c1-3-27-15-17-28(18-16-27)26(30)10-6-7-23-20-29(25-9-5-4-8-24(23)25)19-22-13-11-21(2)12-14-22/h4-5,8-9,11-14,20H,3,6-7,10,15-19H2,1-2H3. The Balaban J connectivity index is 1.39. The smallest absolute Gasteiger partial charge is 0.222 e. The van der Waals surface area contributed by atoms with E-state index in [9.17, 15) is 4.79 Å². The topological polar surface area (TPSA) is 28.5 Å². The Morgan fingerprint density at radius 1 is 0.967 bits per heavy atom. The molecule has 1 aromatic heterocycles.